The number of carbonyl (C=O) groups excluding carboxylic acids is 1. The van der Waals surface area contributed by atoms with E-state index in [2.05, 4.69) is 10.2 Å². The highest BCUT2D eigenvalue weighted by molar-refractivity contribution is 6.30. The lowest BCUT2D eigenvalue weighted by Gasteiger charge is -2.17. The van der Waals surface area contributed by atoms with Crippen molar-refractivity contribution >= 4 is 23.3 Å². The van der Waals surface area contributed by atoms with Gasteiger partial charge in [0.15, 0.2) is 5.82 Å². The van der Waals surface area contributed by atoms with Crippen LogP contribution in [0.4, 0.5) is 0 Å². The number of carbonyl (C=O) groups is 1. The van der Waals surface area contributed by atoms with Crippen molar-refractivity contribution in [3.8, 4) is 11.4 Å². The summed E-state index contributed by atoms with van der Waals surface area (Å²) in [5, 5.41) is 9.25. The third-order valence-corrected chi connectivity index (χ3v) is 5.50. The number of halogens is 1. The molecule has 1 aromatic heterocycles. The third-order valence-electron chi connectivity index (χ3n) is 5.25. The van der Waals surface area contributed by atoms with Gasteiger partial charge in [-0.3, -0.25) is 14.4 Å². The Bertz CT molecular complexity index is 1140. The minimum atomic E-state index is -0.581. The van der Waals surface area contributed by atoms with Gasteiger partial charge >= 0.3 is 5.97 Å². The highest BCUT2D eigenvalue weighted by atomic mass is 35.5. The van der Waals surface area contributed by atoms with Crippen LogP contribution in [0.3, 0.4) is 0 Å². The van der Waals surface area contributed by atoms with Crippen LogP contribution < -0.4 is 4.74 Å². The summed E-state index contributed by atoms with van der Waals surface area (Å²) in [6.07, 6.45) is 0. The van der Waals surface area contributed by atoms with Gasteiger partial charge in [0, 0.05) is 16.1 Å². The SMILES string of the molecule is COC(=O)C(C)[C@@H]1N=C(c2ccc(Cl)cc2)c2cc(OC)ccc2-n2c(C)nnc21. The number of esters is 1. The maximum Gasteiger partial charge on any atom is 0.311 e. The van der Waals surface area contributed by atoms with Crippen molar-refractivity contribution < 1.29 is 14.3 Å². The van der Waals surface area contributed by atoms with Gasteiger partial charge in [0.2, 0.25) is 0 Å². The maximum absolute atomic E-state index is 12.4. The van der Waals surface area contributed by atoms with Crippen LogP contribution >= 0.6 is 11.6 Å². The Morgan fingerprint density at radius 2 is 1.87 bits per heavy atom. The predicted octanol–water partition coefficient (Wildman–Crippen LogP) is 3.94. The van der Waals surface area contributed by atoms with E-state index in [9.17, 15) is 4.79 Å². The van der Waals surface area contributed by atoms with Crippen LogP contribution in [0.2, 0.25) is 5.02 Å². The molecule has 0 N–H and O–H groups in total. The van der Waals surface area contributed by atoms with Crippen molar-refractivity contribution in [2.24, 2.45) is 10.9 Å². The lowest BCUT2D eigenvalue weighted by atomic mass is 9.99. The van der Waals surface area contributed by atoms with Crippen LogP contribution in [-0.4, -0.2) is 40.7 Å². The van der Waals surface area contributed by atoms with Crippen molar-refractivity contribution in [2.45, 2.75) is 19.9 Å². The summed E-state index contributed by atoms with van der Waals surface area (Å²) >= 11 is 6.10. The highest BCUT2D eigenvalue weighted by Crippen LogP contribution is 2.36. The zero-order chi connectivity index (χ0) is 21.4. The van der Waals surface area contributed by atoms with E-state index in [0.29, 0.717) is 28.1 Å². The molecular formula is C22H21ClN4O3. The molecule has 1 aliphatic rings. The average molecular weight is 425 g/mol. The predicted molar refractivity (Wildman–Crippen MR) is 114 cm³/mol. The average Bonchev–Trinajstić information content (AvgIpc) is 3.07. The van der Waals surface area contributed by atoms with Crippen molar-refractivity contribution in [2.75, 3.05) is 14.2 Å². The lowest BCUT2D eigenvalue weighted by Crippen LogP contribution is -2.22. The Kier molecular flexibility index (Phi) is 5.30. The Morgan fingerprint density at radius 1 is 1.13 bits per heavy atom. The van der Waals surface area contributed by atoms with Crippen molar-refractivity contribution in [1.82, 2.24) is 14.8 Å². The smallest absolute Gasteiger partial charge is 0.311 e. The fourth-order valence-corrected chi connectivity index (χ4v) is 3.78. The number of benzene rings is 2. The second-order valence-corrected chi connectivity index (χ2v) is 7.50. The van der Waals surface area contributed by atoms with Crippen LogP contribution in [0.1, 0.15) is 35.7 Å². The molecule has 2 heterocycles. The minimum absolute atomic E-state index is 0.366. The molecule has 3 aromatic rings. The fraction of sp³-hybridized carbons (Fsp3) is 0.273. The van der Waals surface area contributed by atoms with Crippen molar-refractivity contribution in [1.29, 1.82) is 0 Å². The van der Waals surface area contributed by atoms with Gasteiger partial charge in [-0.05, 0) is 44.2 Å². The van der Waals surface area contributed by atoms with Crippen LogP contribution in [0.25, 0.3) is 5.69 Å². The topological polar surface area (TPSA) is 78.6 Å². The van der Waals surface area contributed by atoms with Gasteiger partial charge in [0.25, 0.3) is 0 Å². The molecular weight excluding hydrogens is 404 g/mol. The van der Waals surface area contributed by atoms with Crippen molar-refractivity contribution in [3.05, 3.63) is 70.3 Å². The molecule has 1 aliphatic heterocycles. The first-order valence-corrected chi connectivity index (χ1v) is 9.84. The van der Waals surface area contributed by atoms with E-state index in [1.54, 1.807) is 14.0 Å². The van der Waals surface area contributed by atoms with E-state index in [0.717, 1.165) is 16.8 Å². The Labute approximate surface area is 179 Å². The van der Waals surface area contributed by atoms with Gasteiger partial charge in [-0.25, -0.2) is 0 Å². The molecule has 1 unspecified atom stereocenters. The largest absolute Gasteiger partial charge is 0.497 e. The minimum Gasteiger partial charge on any atom is -0.497 e. The van der Waals surface area contributed by atoms with Crippen molar-refractivity contribution in [3.63, 3.8) is 0 Å². The highest BCUT2D eigenvalue weighted by Gasteiger charge is 2.35. The number of methoxy groups -OCH3 is 2. The number of aromatic nitrogens is 3. The molecule has 154 valence electrons. The van der Waals surface area contributed by atoms with Gasteiger partial charge in [-0.2, -0.15) is 0 Å². The van der Waals surface area contributed by atoms with Crippen LogP contribution in [0.15, 0.2) is 47.5 Å². The van der Waals surface area contributed by atoms with Crippen LogP contribution in [-0.2, 0) is 9.53 Å². The standard InChI is InChI=1S/C22H21ClN4O3/c1-12(22(28)30-4)19-21-26-25-13(2)27(21)18-10-9-16(29-3)11-17(18)20(24-19)14-5-7-15(23)8-6-14/h5-12,19H,1-4H3/t12?,19-/m0/s1. The number of rotatable bonds is 4. The van der Waals surface area contributed by atoms with Gasteiger partial charge in [-0.15, -0.1) is 10.2 Å². The second-order valence-electron chi connectivity index (χ2n) is 7.07. The molecule has 0 bridgehead atoms. The fourth-order valence-electron chi connectivity index (χ4n) is 3.65. The van der Waals surface area contributed by atoms with E-state index in [1.165, 1.54) is 7.11 Å². The van der Waals surface area contributed by atoms with Gasteiger partial charge < -0.3 is 9.47 Å². The first-order chi connectivity index (χ1) is 14.4. The number of aliphatic imine (C=N–C) groups is 1. The van der Waals surface area contributed by atoms with E-state index in [1.807, 2.05) is 54.0 Å². The number of fused-ring (bicyclic) bond motifs is 3. The molecule has 30 heavy (non-hydrogen) atoms. The Balaban J connectivity index is 2.03. The molecule has 0 saturated carbocycles. The summed E-state index contributed by atoms with van der Waals surface area (Å²) in [5.74, 6) is 1.06. The van der Waals surface area contributed by atoms with E-state index >= 15 is 0 Å². The summed E-state index contributed by atoms with van der Waals surface area (Å²) in [7, 11) is 2.99. The van der Waals surface area contributed by atoms with E-state index in [4.69, 9.17) is 26.1 Å². The molecule has 0 radical (unpaired) electrons. The van der Waals surface area contributed by atoms with Crippen LogP contribution in [0, 0.1) is 12.8 Å². The summed E-state index contributed by atoms with van der Waals surface area (Å²) < 4.78 is 12.4. The monoisotopic (exact) mass is 424 g/mol. The first kappa shape index (κ1) is 20.1. The molecule has 4 rings (SSSR count). The van der Waals surface area contributed by atoms with E-state index < -0.39 is 12.0 Å². The number of aryl methyl sites for hydroxylation is 1. The van der Waals surface area contributed by atoms with Gasteiger partial charge in [0.1, 0.15) is 17.6 Å². The Hall–Kier alpha value is -3.19. The maximum atomic E-state index is 12.4. The zero-order valence-electron chi connectivity index (χ0n) is 17.1. The summed E-state index contributed by atoms with van der Waals surface area (Å²) in [6, 6.07) is 12.6. The Morgan fingerprint density at radius 3 is 2.53 bits per heavy atom. The molecule has 2 aromatic carbocycles. The third kappa shape index (κ3) is 3.35. The molecule has 7 nitrogen and oxygen atoms in total. The normalized spacial score (nSPS) is 16.0. The molecule has 0 spiro atoms. The quantitative estimate of drug-likeness (QED) is 0.593. The summed E-state index contributed by atoms with van der Waals surface area (Å²) in [6.45, 7) is 3.65. The lowest BCUT2D eigenvalue weighted by molar-refractivity contribution is -0.145. The van der Waals surface area contributed by atoms with Gasteiger partial charge in [-0.1, -0.05) is 23.7 Å². The molecule has 0 amide bonds. The molecule has 0 aliphatic carbocycles. The summed E-state index contributed by atoms with van der Waals surface area (Å²) in [5.41, 5.74) is 3.29. The second kappa shape index (κ2) is 7.91. The van der Waals surface area contributed by atoms with Crippen LogP contribution in [0.5, 0.6) is 5.75 Å². The number of nitrogens with zero attached hydrogens (tertiary/aromatic N) is 4. The first-order valence-electron chi connectivity index (χ1n) is 9.47. The number of hydrogen-bond acceptors (Lipinski definition) is 6. The van der Waals surface area contributed by atoms with Gasteiger partial charge in [0.05, 0.1) is 31.5 Å². The zero-order valence-corrected chi connectivity index (χ0v) is 17.8. The number of ether oxygens (including phenoxy) is 2. The molecule has 0 fully saturated rings. The van der Waals surface area contributed by atoms with E-state index in [-0.39, 0.29) is 5.97 Å². The molecule has 2 atom stereocenters. The summed E-state index contributed by atoms with van der Waals surface area (Å²) in [4.78, 5) is 17.4. The molecule has 8 heteroatoms. The molecule has 0 saturated heterocycles. The number of hydrogen-bond donors (Lipinski definition) is 0.